The van der Waals surface area contributed by atoms with Gasteiger partial charge >= 0.3 is 39.5 Å². The van der Waals surface area contributed by atoms with Gasteiger partial charge in [-0.1, -0.05) is 121 Å². The van der Waals surface area contributed by atoms with E-state index >= 15 is 0 Å². The molecule has 2 atom stereocenters. The van der Waals surface area contributed by atoms with Crippen LogP contribution >= 0.6 is 0 Å². The van der Waals surface area contributed by atoms with Gasteiger partial charge in [-0.25, -0.2) is 19.2 Å². The van der Waals surface area contributed by atoms with Crippen LogP contribution < -0.4 is 57.7 Å². The zero-order valence-corrected chi connectivity index (χ0v) is 84.0. The number of alkyl halides is 3. The first kappa shape index (κ1) is 108. The van der Waals surface area contributed by atoms with E-state index in [2.05, 4.69) is 66.2 Å². The van der Waals surface area contributed by atoms with Crippen molar-refractivity contribution >= 4 is 139 Å². The van der Waals surface area contributed by atoms with E-state index in [1.165, 1.54) is 84.1 Å². The molecule has 6 N–H and O–H groups in total. The van der Waals surface area contributed by atoms with Crippen molar-refractivity contribution in [2.24, 2.45) is 35.2 Å². The van der Waals surface area contributed by atoms with Gasteiger partial charge < -0.3 is 87.0 Å². The monoisotopic (exact) mass is 1950 g/mol. The molecule has 0 fully saturated rings. The first-order valence-corrected chi connectivity index (χ1v) is 45.8. The summed E-state index contributed by atoms with van der Waals surface area (Å²) < 4.78 is 90.9. The highest BCUT2D eigenvalue weighted by Crippen LogP contribution is 2.43. The van der Waals surface area contributed by atoms with Crippen LogP contribution in [0.2, 0.25) is 0 Å². The third kappa shape index (κ3) is 23.3. The molecule has 740 valence electrons. The van der Waals surface area contributed by atoms with Gasteiger partial charge in [-0.15, -0.1) is 0 Å². The molecule has 0 aliphatic carbocycles. The minimum Gasteiger partial charge on any atom is -0.479 e. The number of halogens is 3. The van der Waals surface area contributed by atoms with Crippen molar-refractivity contribution in [2.75, 3.05) is 68.2 Å². The number of carbonyl (C=O) groups excluding carboxylic acids is 3. The van der Waals surface area contributed by atoms with E-state index in [1.807, 2.05) is 211 Å². The van der Waals surface area contributed by atoms with Crippen LogP contribution in [0.15, 0.2) is 236 Å². The van der Waals surface area contributed by atoms with E-state index in [0.29, 0.717) is 70.7 Å². The molecule has 15 aromatic rings. The molecule has 0 spiro atoms. The van der Waals surface area contributed by atoms with Crippen LogP contribution in [-0.4, -0.2) is 124 Å². The minimum absolute atomic E-state index is 0.0908. The highest BCUT2D eigenvalue weighted by Gasteiger charge is 2.50. The van der Waals surface area contributed by atoms with Crippen LogP contribution in [0.5, 0.6) is 5.75 Å². The fourth-order valence-electron chi connectivity index (χ4n) is 15.9. The van der Waals surface area contributed by atoms with Crippen LogP contribution in [0, 0.1) is 69.2 Å². The van der Waals surface area contributed by atoms with E-state index in [9.17, 15) is 80.1 Å². The number of ether oxygens (including phenoxy) is 4. The maximum atomic E-state index is 13.1. The number of benzene rings is 10. The number of hydrogen-bond acceptors (Lipinski definition) is 23. The van der Waals surface area contributed by atoms with Crippen molar-refractivity contribution in [1.29, 1.82) is 0 Å². The Morgan fingerprint density at radius 2 is 0.745 bits per heavy atom. The molecule has 0 saturated heterocycles. The smallest absolute Gasteiger partial charge is 0.479 e. The lowest BCUT2D eigenvalue weighted by atomic mass is 10.0. The number of rotatable bonds is 18. The molecule has 0 bridgehead atoms. The van der Waals surface area contributed by atoms with Gasteiger partial charge in [0.2, 0.25) is 0 Å². The fourth-order valence-corrected chi connectivity index (χ4v) is 16.4. The Morgan fingerprint density at radius 3 is 1.12 bits per heavy atom. The quantitative estimate of drug-likeness (QED) is 0.0175. The zero-order valence-electron chi connectivity index (χ0n) is 83.1. The number of nitrogens with one attached hydrogen (secondary N) is 1. The average Bonchev–Trinajstić information content (AvgIpc) is 0.735. The lowest BCUT2D eigenvalue weighted by molar-refractivity contribution is -0.161. The summed E-state index contributed by atoms with van der Waals surface area (Å²) in [4.78, 5) is 118. The normalized spacial score (nSPS) is 11.7. The number of aliphatic hydroxyl groups is 2. The number of esters is 3. The van der Waals surface area contributed by atoms with Gasteiger partial charge in [0.1, 0.15) is 0 Å². The number of nitrogens with zero attached hydrogens (tertiary/aromatic N) is 8. The second-order valence-corrected chi connectivity index (χ2v) is 36.5. The van der Waals surface area contributed by atoms with Gasteiger partial charge in [0.05, 0.1) is 78.8 Å². The van der Waals surface area contributed by atoms with Crippen molar-refractivity contribution < 1.29 is 79.2 Å². The Kier molecular flexibility index (Phi) is 34.0. The van der Waals surface area contributed by atoms with E-state index in [0.717, 1.165) is 82.0 Å². The molecule has 0 radical (unpaired) electrons. The molecule has 5 aromatic heterocycles. The molecule has 0 aliphatic heterocycles. The standard InChI is InChI=1S/C25H30N2O4.C22H24N2O4.C20H20N2O3.C20H22N2O2.C13H10F3NO6S.C8H11N/c1-15-12-13-17(14-16(15)2)26(6)20-18-10-8-9-11-19(18)23(28)27(7)21(20)22(24(29)30)31-25(3,4)5;1-13-10-11-15(12-14(13)2)23(3)18-16-8-6-7-9-17(16)21(26)24(4)19(18)20(25)22(27)28-5;1-12-9-10-14(11-13(12)2)21-17-15-7-5-6-8-16(15)19(23)22(3)18(17)20(24)25-4;1-13-9-10-15(11-14(13)2)21(3)19-16-7-5-6-8-17(16)20(24)22(4)18(19)12-23;1-17-9(12(19)22-2)10(23-24(20,21)13(14,15)16)7-5-3-4-6-8(7)11(17)18;1-6-3-4-8(9)5-7(6)2/h8-14,22H,1-7H3,(H,29,30);6-12,20,25H,1-5H3;5-11,21H,1-4H3;5-11,23H,12H2,1-4H3;3-6H,1-2H3;3-5H,9H2,1-2H3. The number of nitrogen functional groups attached to an aromatic ring is 1. The van der Waals surface area contributed by atoms with Crippen molar-refractivity contribution in [3.05, 3.63) is 348 Å². The Bertz CT molecular complexity index is 7810. The predicted molar refractivity (Wildman–Crippen MR) is 550 cm³/mol. The van der Waals surface area contributed by atoms with Crippen molar-refractivity contribution in [3.8, 4) is 5.75 Å². The lowest BCUT2D eigenvalue weighted by Gasteiger charge is -2.31. The number of aliphatic carboxylic acids is 1. The molecule has 2 unspecified atom stereocenters. The van der Waals surface area contributed by atoms with Crippen LogP contribution in [0.1, 0.15) is 127 Å². The minimum atomic E-state index is -6.06. The Balaban J connectivity index is 0.000000178. The second-order valence-electron chi connectivity index (χ2n) is 35.0. The van der Waals surface area contributed by atoms with Crippen LogP contribution in [0.4, 0.5) is 64.4 Å². The molecule has 33 heteroatoms. The van der Waals surface area contributed by atoms with Gasteiger partial charge in [-0.3, -0.25) is 24.0 Å². The summed E-state index contributed by atoms with van der Waals surface area (Å²) in [7, 11) is 10.6. The fraction of sp³-hybridized carbons (Fsp3) is 0.269. The maximum Gasteiger partial charge on any atom is 0.534 e. The topological polar surface area (TPSA) is 367 Å². The van der Waals surface area contributed by atoms with Gasteiger partial charge in [0.25, 0.3) is 27.8 Å². The number of anilines is 9. The number of aryl methyl sites for hydroxylation is 10. The summed E-state index contributed by atoms with van der Waals surface area (Å²) in [5.74, 6) is -4.68. The third-order valence-corrected chi connectivity index (χ3v) is 25.5. The molecule has 10 aromatic carbocycles. The van der Waals surface area contributed by atoms with Crippen molar-refractivity contribution in [1.82, 2.24) is 22.8 Å². The second kappa shape index (κ2) is 44.6. The highest BCUT2D eigenvalue weighted by molar-refractivity contribution is 7.88. The summed E-state index contributed by atoms with van der Waals surface area (Å²) in [6.45, 7) is 25.7. The molecule has 29 nitrogen and oxygen atoms in total. The predicted octanol–water partition coefficient (Wildman–Crippen LogP) is 18.5. The van der Waals surface area contributed by atoms with Crippen LogP contribution in [-0.2, 0) is 80.5 Å². The largest absolute Gasteiger partial charge is 0.534 e. The van der Waals surface area contributed by atoms with Gasteiger partial charge in [0.15, 0.2) is 29.3 Å². The van der Waals surface area contributed by atoms with Gasteiger partial charge in [-0.2, -0.15) is 21.6 Å². The SMILES string of the molecule is COC(=O)C(O)c1c(N(C)c2ccc(C)c(C)c2)c2ccccc2c(=O)n1C.COC(=O)c1c(Nc2ccc(C)c(C)c2)c2ccccc2c(=O)n1C.COC(=O)c1c(OS(=O)(=O)C(F)(F)F)c2ccccc2c(=O)n1C.Cc1ccc(N(C)c2c(C(OC(C)(C)C)C(=O)O)n(C)c(=O)c3ccccc23)cc1C.Cc1ccc(N(C)c2c(CO)n(C)c(=O)c3ccccc23)cc1C.Cc1ccc(N)cc1C. The third-order valence-electron chi connectivity index (χ3n) is 24.6. The summed E-state index contributed by atoms with van der Waals surface area (Å²) in [6.07, 6.45) is -2.90. The lowest BCUT2D eigenvalue weighted by Crippen LogP contribution is -2.34. The molecule has 0 saturated carbocycles. The molecular weight excluding hydrogens is 1830 g/mol. The molecule has 141 heavy (non-hydrogen) atoms. The maximum absolute atomic E-state index is 13.1. The van der Waals surface area contributed by atoms with E-state index in [-0.39, 0.29) is 51.0 Å². The van der Waals surface area contributed by atoms with Crippen molar-refractivity contribution in [2.45, 2.75) is 120 Å². The number of carbonyl (C=O) groups is 4. The van der Waals surface area contributed by atoms with Crippen molar-refractivity contribution in [3.63, 3.8) is 0 Å². The number of nitrogens with two attached hydrogens (primary N) is 1. The average molecular weight is 1950 g/mol. The van der Waals surface area contributed by atoms with E-state index < -0.39 is 74.3 Å². The Morgan fingerprint density at radius 1 is 0.418 bits per heavy atom. The van der Waals surface area contributed by atoms with Crippen LogP contribution in [0.25, 0.3) is 53.9 Å². The zero-order chi connectivity index (χ0) is 104. The number of fused-ring (bicyclic) bond motifs is 5. The summed E-state index contributed by atoms with van der Waals surface area (Å²) in [5.41, 5.74) is 17.1. The Labute approximate surface area is 813 Å². The molecular formula is C108H117F3N10O19S. The summed E-state index contributed by atoms with van der Waals surface area (Å²) >= 11 is 0. The number of pyridine rings is 5. The van der Waals surface area contributed by atoms with Crippen LogP contribution in [0.3, 0.4) is 0 Å². The molecule has 5 heterocycles. The molecule has 15 rings (SSSR count). The number of hydrogen-bond donors (Lipinski definition) is 5. The number of aromatic nitrogens is 5. The van der Waals surface area contributed by atoms with Gasteiger partial charge in [-0.05, 0) is 237 Å². The molecule has 0 amide bonds. The van der Waals surface area contributed by atoms with E-state index in [4.69, 9.17) is 19.9 Å². The summed E-state index contributed by atoms with van der Waals surface area (Å²) in [6, 6.07) is 64.7. The number of carboxylic acids is 1. The number of aliphatic hydroxyl groups excluding tert-OH is 2. The number of methoxy groups -OCH3 is 3. The van der Waals surface area contributed by atoms with Gasteiger partial charge in [0, 0.05) is 133 Å². The molecule has 0 aliphatic rings. The first-order chi connectivity index (χ1) is 66.3. The summed E-state index contributed by atoms with van der Waals surface area (Å²) in [5, 5.41) is 38.7. The first-order valence-electron chi connectivity index (χ1n) is 44.4. The Hall–Kier alpha value is -15.5. The highest BCUT2D eigenvalue weighted by atomic mass is 32.2. The number of carboxylic acid groups (broad SMARTS) is 1. The van der Waals surface area contributed by atoms with E-state index in [1.54, 1.807) is 79.3 Å².